The van der Waals surface area contributed by atoms with Crippen molar-refractivity contribution in [3.05, 3.63) is 29.8 Å². The molecule has 0 aromatic heterocycles. The molecular formula is C13H21NO2S. The Kier molecular flexibility index (Phi) is 6.40. The second kappa shape index (κ2) is 7.58. The number of hydrogen-bond acceptors (Lipinski definition) is 3. The van der Waals surface area contributed by atoms with Crippen LogP contribution in [0.4, 0.5) is 0 Å². The molecule has 0 aliphatic carbocycles. The van der Waals surface area contributed by atoms with Gasteiger partial charge in [-0.3, -0.25) is 4.21 Å². The average molecular weight is 255 g/mol. The van der Waals surface area contributed by atoms with E-state index >= 15 is 0 Å². The highest BCUT2D eigenvalue weighted by Crippen LogP contribution is 2.11. The molecule has 0 aliphatic heterocycles. The number of benzene rings is 1. The first-order chi connectivity index (χ1) is 8.17. The zero-order valence-corrected chi connectivity index (χ0v) is 11.3. The van der Waals surface area contributed by atoms with Crippen LogP contribution in [0, 0.1) is 6.92 Å². The molecule has 3 nitrogen and oxygen atoms in total. The van der Waals surface area contributed by atoms with E-state index in [1.807, 2.05) is 38.1 Å². The number of hydrogen-bond donors (Lipinski definition) is 1. The summed E-state index contributed by atoms with van der Waals surface area (Å²) in [5, 5.41) is 0. The zero-order valence-electron chi connectivity index (χ0n) is 10.5. The molecule has 2 N–H and O–H groups in total. The number of aryl methyl sites for hydroxylation is 1. The standard InChI is InChI=1S/C13H21NO2S/c1-3-16-12(10-14)7-8-17(15)13-6-4-5-11(2)9-13/h4-6,9,12H,3,7-8,10,14H2,1-2H3. The molecule has 0 saturated heterocycles. The molecule has 2 atom stereocenters. The summed E-state index contributed by atoms with van der Waals surface area (Å²) >= 11 is 0. The average Bonchev–Trinajstić information content (AvgIpc) is 2.34. The van der Waals surface area contributed by atoms with E-state index < -0.39 is 10.8 Å². The SMILES string of the molecule is CCOC(CN)CCS(=O)c1cccc(C)c1. The minimum Gasteiger partial charge on any atom is -0.377 e. The van der Waals surface area contributed by atoms with Gasteiger partial charge < -0.3 is 10.5 Å². The summed E-state index contributed by atoms with van der Waals surface area (Å²) in [4.78, 5) is 0.886. The van der Waals surface area contributed by atoms with Crippen molar-refractivity contribution in [3.8, 4) is 0 Å². The van der Waals surface area contributed by atoms with Crippen LogP contribution < -0.4 is 5.73 Å². The van der Waals surface area contributed by atoms with Crippen molar-refractivity contribution in [2.75, 3.05) is 18.9 Å². The minimum atomic E-state index is -0.955. The lowest BCUT2D eigenvalue weighted by Gasteiger charge is -2.14. The molecule has 0 aliphatic rings. The highest BCUT2D eigenvalue weighted by Gasteiger charge is 2.10. The summed E-state index contributed by atoms with van der Waals surface area (Å²) in [6.07, 6.45) is 0.763. The smallest absolute Gasteiger partial charge is 0.0706 e. The van der Waals surface area contributed by atoms with Crippen LogP contribution in [0.3, 0.4) is 0 Å². The third-order valence-corrected chi connectivity index (χ3v) is 3.93. The largest absolute Gasteiger partial charge is 0.377 e. The summed E-state index contributed by atoms with van der Waals surface area (Å²) in [6.45, 7) is 5.08. The maximum atomic E-state index is 12.0. The van der Waals surface area contributed by atoms with Gasteiger partial charge in [0.1, 0.15) is 0 Å². The normalized spacial score (nSPS) is 14.5. The lowest BCUT2D eigenvalue weighted by molar-refractivity contribution is 0.0672. The molecule has 1 aromatic rings. The van der Waals surface area contributed by atoms with E-state index in [1.54, 1.807) is 0 Å². The third-order valence-electron chi connectivity index (χ3n) is 2.54. The second-order valence-electron chi connectivity index (χ2n) is 3.97. The lowest BCUT2D eigenvalue weighted by Crippen LogP contribution is -2.25. The van der Waals surface area contributed by atoms with Crippen LogP contribution in [-0.2, 0) is 15.5 Å². The van der Waals surface area contributed by atoms with Gasteiger partial charge in [0, 0.05) is 23.8 Å². The highest BCUT2D eigenvalue weighted by molar-refractivity contribution is 7.85. The Morgan fingerprint density at radius 1 is 1.47 bits per heavy atom. The molecule has 0 spiro atoms. The quantitative estimate of drug-likeness (QED) is 0.809. The van der Waals surface area contributed by atoms with Gasteiger partial charge in [-0.2, -0.15) is 0 Å². The molecule has 0 radical (unpaired) electrons. The summed E-state index contributed by atoms with van der Waals surface area (Å²) in [7, 11) is -0.955. The van der Waals surface area contributed by atoms with Gasteiger partial charge in [0.15, 0.2) is 0 Å². The Morgan fingerprint density at radius 3 is 2.82 bits per heavy atom. The molecule has 17 heavy (non-hydrogen) atoms. The fraction of sp³-hybridized carbons (Fsp3) is 0.538. The van der Waals surface area contributed by atoms with Crippen LogP contribution in [-0.4, -0.2) is 29.2 Å². The van der Waals surface area contributed by atoms with Crippen LogP contribution in [0.25, 0.3) is 0 Å². The Hall–Kier alpha value is -0.710. The van der Waals surface area contributed by atoms with Gasteiger partial charge in [-0.15, -0.1) is 0 Å². The monoisotopic (exact) mass is 255 g/mol. The van der Waals surface area contributed by atoms with Crippen molar-refractivity contribution in [3.63, 3.8) is 0 Å². The van der Waals surface area contributed by atoms with Gasteiger partial charge in [0.05, 0.1) is 16.9 Å². The molecular weight excluding hydrogens is 234 g/mol. The Labute approximate surface area is 106 Å². The van der Waals surface area contributed by atoms with Gasteiger partial charge in [-0.1, -0.05) is 12.1 Å². The van der Waals surface area contributed by atoms with Gasteiger partial charge in [0.2, 0.25) is 0 Å². The lowest BCUT2D eigenvalue weighted by atomic mass is 10.2. The van der Waals surface area contributed by atoms with E-state index in [0.29, 0.717) is 18.9 Å². The van der Waals surface area contributed by atoms with E-state index in [1.165, 1.54) is 0 Å². The van der Waals surface area contributed by atoms with Crippen LogP contribution >= 0.6 is 0 Å². The fourth-order valence-corrected chi connectivity index (χ4v) is 2.88. The predicted molar refractivity (Wildman–Crippen MR) is 71.5 cm³/mol. The number of nitrogens with two attached hydrogens (primary N) is 1. The summed E-state index contributed by atoms with van der Waals surface area (Å²) in [5.74, 6) is 0.602. The molecule has 2 unspecified atom stereocenters. The van der Waals surface area contributed by atoms with Gasteiger partial charge >= 0.3 is 0 Å². The van der Waals surface area contributed by atoms with Crippen LogP contribution in [0.1, 0.15) is 18.9 Å². The van der Waals surface area contributed by atoms with Crippen molar-refractivity contribution in [1.29, 1.82) is 0 Å². The molecule has 1 aromatic carbocycles. The first-order valence-electron chi connectivity index (χ1n) is 5.94. The zero-order chi connectivity index (χ0) is 12.7. The van der Waals surface area contributed by atoms with Gasteiger partial charge in [0.25, 0.3) is 0 Å². The molecule has 0 saturated carbocycles. The Bertz CT molecular complexity index is 368. The third kappa shape index (κ3) is 4.98. The first-order valence-corrected chi connectivity index (χ1v) is 7.26. The molecule has 4 heteroatoms. The molecule has 1 rings (SSSR count). The Balaban J connectivity index is 2.49. The van der Waals surface area contributed by atoms with E-state index in [0.717, 1.165) is 16.9 Å². The molecule has 0 heterocycles. The van der Waals surface area contributed by atoms with Crippen LogP contribution in [0.15, 0.2) is 29.2 Å². The number of ether oxygens (including phenoxy) is 1. The van der Waals surface area contributed by atoms with Crippen LogP contribution in [0.5, 0.6) is 0 Å². The first kappa shape index (κ1) is 14.4. The van der Waals surface area contributed by atoms with E-state index in [9.17, 15) is 4.21 Å². The van der Waals surface area contributed by atoms with Crippen molar-refractivity contribution in [1.82, 2.24) is 0 Å². The van der Waals surface area contributed by atoms with Crippen LogP contribution in [0.2, 0.25) is 0 Å². The van der Waals surface area contributed by atoms with Crippen molar-refractivity contribution >= 4 is 10.8 Å². The highest BCUT2D eigenvalue weighted by atomic mass is 32.2. The second-order valence-corrected chi connectivity index (χ2v) is 5.54. The maximum Gasteiger partial charge on any atom is 0.0706 e. The topological polar surface area (TPSA) is 52.3 Å². The summed E-state index contributed by atoms with van der Waals surface area (Å²) in [6, 6.07) is 7.81. The van der Waals surface area contributed by atoms with E-state index in [4.69, 9.17) is 10.5 Å². The summed E-state index contributed by atoms with van der Waals surface area (Å²) in [5.41, 5.74) is 6.72. The van der Waals surface area contributed by atoms with Gasteiger partial charge in [-0.05, 0) is 38.0 Å². The van der Waals surface area contributed by atoms with E-state index in [2.05, 4.69) is 0 Å². The van der Waals surface area contributed by atoms with Gasteiger partial charge in [-0.25, -0.2) is 0 Å². The Morgan fingerprint density at radius 2 is 2.24 bits per heavy atom. The molecule has 0 bridgehead atoms. The van der Waals surface area contributed by atoms with E-state index in [-0.39, 0.29) is 6.10 Å². The summed E-state index contributed by atoms with van der Waals surface area (Å²) < 4.78 is 17.5. The molecule has 0 amide bonds. The molecule has 96 valence electrons. The predicted octanol–water partition coefficient (Wildman–Crippen LogP) is 1.86. The van der Waals surface area contributed by atoms with Crippen molar-refractivity contribution in [2.45, 2.75) is 31.3 Å². The fourth-order valence-electron chi connectivity index (χ4n) is 1.62. The van der Waals surface area contributed by atoms with Crippen molar-refractivity contribution in [2.24, 2.45) is 5.73 Å². The molecule has 0 fully saturated rings. The van der Waals surface area contributed by atoms with Crippen molar-refractivity contribution < 1.29 is 8.95 Å². The maximum absolute atomic E-state index is 12.0. The number of rotatable bonds is 7. The minimum absolute atomic E-state index is 0.0220.